The molecule has 2 rings (SSSR count). The molecule has 1 amide bonds. The largest absolute Gasteiger partial charge is 0.382 e. The van der Waals surface area contributed by atoms with Crippen molar-refractivity contribution in [3.8, 4) is 0 Å². The molecule has 5 N–H and O–H groups in total. The maximum absolute atomic E-state index is 11.9. The summed E-state index contributed by atoms with van der Waals surface area (Å²) >= 11 is 0. The monoisotopic (exact) mass is 307 g/mol. The van der Waals surface area contributed by atoms with Crippen molar-refractivity contribution in [2.45, 2.75) is 11.4 Å². The van der Waals surface area contributed by atoms with Crippen molar-refractivity contribution in [3.05, 3.63) is 47.9 Å². The molecule has 1 aromatic heterocycles. The molecule has 0 fully saturated rings. The number of aromatic nitrogens is 2. The Bertz CT molecular complexity index is 759. The van der Waals surface area contributed by atoms with Crippen LogP contribution in [0, 0.1) is 0 Å². The zero-order valence-electron chi connectivity index (χ0n) is 10.9. The second kappa shape index (κ2) is 5.85. The van der Waals surface area contributed by atoms with Gasteiger partial charge in [0, 0.05) is 18.9 Å². The van der Waals surface area contributed by atoms with Gasteiger partial charge in [0.25, 0.3) is 5.91 Å². The van der Waals surface area contributed by atoms with Crippen molar-refractivity contribution < 1.29 is 13.2 Å². The van der Waals surface area contributed by atoms with Crippen molar-refractivity contribution in [1.29, 1.82) is 0 Å². The topological polar surface area (TPSA) is 141 Å². The normalized spacial score (nSPS) is 11.1. The molecule has 0 aliphatic carbocycles. The van der Waals surface area contributed by atoms with Crippen molar-refractivity contribution >= 4 is 21.7 Å². The molecule has 0 aliphatic heterocycles. The first-order valence-electron chi connectivity index (χ1n) is 5.84. The predicted molar refractivity (Wildman–Crippen MR) is 75.4 cm³/mol. The minimum Gasteiger partial charge on any atom is -0.382 e. The summed E-state index contributed by atoms with van der Waals surface area (Å²) in [5.41, 5.74) is 6.29. The van der Waals surface area contributed by atoms with E-state index in [9.17, 15) is 13.2 Å². The first kappa shape index (κ1) is 14.9. The molecule has 0 spiro atoms. The average molecular weight is 307 g/mol. The number of carbonyl (C=O) groups is 1. The molecular formula is C12H13N5O3S. The third-order valence-corrected chi connectivity index (χ3v) is 3.58. The van der Waals surface area contributed by atoms with Crippen molar-refractivity contribution in [2.75, 3.05) is 5.73 Å². The number of hydrogen-bond donors (Lipinski definition) is 3. The summed E-state index contributed by atoms with van der Waals surface area (Å²) in [6.07, 6.45) is 2.75. The molecule has 0 atom stereocenters. The lowest BCUT2D eigenvalue weighted by Crippen LogP contribution is -2.25. The van der Waals surface area contributed by atoms with Crippen molar-refractivity contribution in [3.63, 3.8) is 0 Å². The van der Waals surface area contributed by atoms with Crippen LogP contribution < -0.4 is 16.2 Å². The van der Waals surface area contributed by atoms with Gasteiger partial charge in [-0.25, -0.2) is 23.5 Å². The highest BCUT2D eigenvalue weighted by Crippen LogP contribution is 2.09. The van der Waals surface area contributed by atoms with E-state index in [2.05, 4.69) is 15.3 Å². The van der Waals surface area contributed by atoms with Gasteiger partial charge in [-0.15, -0.1) is 0 Å². The predicted octanol–water partition coefficient (Wildman–Crippen LogP) is -0.364. The Balaban J connectivity index is 2.04. The lowest BCUT2D eigenvalue weighted by molar-refractivity contribution is 0.0946. The number of nitrogen functional groups attached to an aromatic ring is 1. The maximum atomic E-state index is 11.9. The molecule has 8 nitrogen and oxygen atoms in total. The zero-order valence-corrected chi connectivity index (χ0v) is 11.7. The van der Waals surface area contributed by atoms with Crippen molar-refractivity contribution in [1.82, 2.24) is 15.3 Å². The van der Waals surface area contributed by atoms with Gasteiger partial charge in [-0.2, -0.15) is 0 Å². The summed E-state index contributed by atoms with van der Waals surface area (Å²) in [5, 5.41) is 7.61. The number of amides is 1. The quantitative estimate of drug-likeness (QED) is 0.704. The van der Waals surface area contributed by atoms with Crippen LogP contribution in [0.3, 0.4) is 0 Å². The SMILES string of the molecule is Nc1nccnc1C(=O)NCc1ccc(S(N)(=O)=O)cc1. The lowest BCUT2D eigenvalue weighted by Gasteiger charge is -2.06. The highest BCUT2D eigenvalue weighted by Gasteiger charge is 2.12. The fourth-order valence-corrected chi connectivity index (χ4v) is 2.10. The van der Waals surface area contributed by atoms with Crippen LogP contribution in [-0.2, 0) is 16.6 Å². The van der Waals surface area contributed by atoms with E-state index in [-0.39, 0.29) is 23.0 Å². The van der Waals surface area contributed by atoms with E-state index in [0.29, 0.717) is 5.56 Å². The number of sulfonamides is 1. The number of hydrogen-bond acceptors (Lipinski definition) is 6. The van der Waals surface area contributed by atoms with Gasteiger partial charge in [-0.1, -0.05) is 12.1 Å². The standard InChI is InChI=1S/C12H13N5O3S/c13-11-10(15-5-6-16-11)12(18)17-7-8-1-3-9(4-2-8)21(14,19)20/h1-6H,7H2,(H2,13,16)(H,17,18)(H2,14,19,20). The fourth-order valence-electron chi connectivity index (χ4n) is 1.59. The molecule has 0 saturated heterocycles. The number of benzene rings is 1. The molecule has 1 aromatic carbocycles. The molecule has 0 radical (unpaired) electrons. The molecule has 0 bridgehead atoms. The van der Waals surface area contributed by atoms with E-state index < -0.39 is 15.9 Å². The molecule has 21 heavy (non-hydrogen) atoms. The van der Waals surface area contributed by atoms with Crippen LogP contribution in [0.2, 0.25) is 0 Å². The Morgan fingerprint density at radius 1 is 1.14 bits per heavy atom. The Morgan fingerprint density at radius 2 is 1.76 bits per heavy atom. The molecule has 1 heterocycles. The summed E-state index contributed by atoms with van der Waals surface area (Å²) in [6.45, 7) is 0.194. The van der Waals surface area contributed by atoms with Crippen LogP contribution in [0.4, 0.5) is 5.82 Å². The Hall–Kier alpha value is -2.52. The van der Waals surface area contributed by atoms with Crippen LogP contribution in [-0.4, -0.2) is 24.3 Å². The van der Waals surface area contributed by atoms with Crippen LogP contribution in [0.1, 0.15) is 16.1 Å². The minimum atomic E-state index is -3.72. The van der Waals surface area contributed by atoms with E-state index >= 15 is 0 Å². The number of nitrogens with two attached hydrogens (primary N) is 2. The first-order valence-corrected chi connectivity index (χ1v) is 7.39. The summed E-state index contributed by atoms with van der Waals surface area (Å²) in [5.74, 6) is -0.421. The highest BCUT2D eigenvalue weighted by atomic mass is 32.2. The van der Waals surface area contributed by atoms with Crippen LogP contribution in [0.5, 0.6) is 0 Å². The Morgan fingerprint density at radius 3 is 2.33 bits per heavy atom. The number of anilines is 1. The number of nitrogens with one attached hydrogen (secondary N) is 1. The number of primary sulfonamides is 1. The van der Waals surface area contributed by atoms with E-state index in [1.165, 1.54) is 24.5 Å². The Kier molecular flexibility index (Phi) is 4.15. The maximum Gasteiger partial charge on any atom is 0.273 e. The third kappa shape index (κ3) is 3.74. The third-order valence-electron chi connectivity index (χ3n) is 2.65. The van der Waals surface area contributed by atoms with Gasteiger partial charge in [-0.3, -0.25) is 4.79 Å². The summed E-state index contributed by atoms with van der Waals surface area (Å²) in [4.78, 5) is 19.5. The van der Waals surface area contributed by atoms with E-state index in [0.717, 1.165) is 0 Å². The molecule has 0 unspecified atom stereocenters. The molecule has 9 heteroatoms. The summed E-state index contributed by atoms with van der Waals surface area (Å²) in [7, 11) is -3.72. The van der Waals surface area contributed by atoms with Gasteiger partial charge >= 0.3 is 0 Å². The molecule has 0 aliphatic rings. The second-order valence-electron chi connectivity index (χ2n) is 4.16. The van der Waals surface area contributed by atoms with Crippen LogP contribution in [0.25, 0.3) is 0 Å². The van der Waals surface area contributed by atoms with E-state index in [4.69, 9.17) is 10.9 Å². The molecular weight excluding hydrogens is 294 g/mol. The van der Waals surface area contributed by atoms with Gasteiger partial charge < -0.3 is 11.1 Å². The highest BCUT2D eigenvalue weighted by molar-refractivity contribution is 7.89. The van der Waals surface area contributed by atoms with Gasteiger partial charge in [0.1, 0.15) is 0 Å². The van der Waals surface area contributed by atoms with Crippen LogP contribution >= 0.6 is 0 Å². The first-order chi connectivity index (χ1) is 9.88. The van der Waals surface area contributed by atoms with Gasteiger partial charge in [0.05, 0.1) is 4.90 Å². The number of carbonyl (C=O) groups excluding carboxylic acids is 1. The zero-order chi connectivity index (χ0) is 15.5. The fraction of sp³-hybridized carbons (Fsp3) is 0.0833. The smallest absolute Gasteiger partial charge is 0.273 e. The van der Waals surface area contributed by atoms with Crippen LogP contribution in [0.15, 0.2) is 41.6 Å². The minimum absolute atomic E-state index is 0.00995. The number of rotatable bonds is 4. The Labute approximate surface area is 121 Å². The summed E-state index contributed by atoms with van der Waals surface area (Å²) < 4.78 is 22.2. The second-order valence-corrected chi connectivity index (χ2v) is 5.72. The van der Waals surface area contributed by atoms with Gasteiger partial charge in [-0.05, 0) is 17.7 Å². The summed E-state index contributed by atoms with van der Waals surface area (Å²) in [6, 6.07) is 5.85. The van der Waals surface area contributed by atoms with E-state index in [1.54, 1.807) is 12.1 Å². The average Bonchev–Trinajstić information content (AvgIpc) is 2.45. The van der Waals surface area contributed by atoms with Crippen molar-refractivity contribution in [2.24, 2.45) is 5.14 Å². The molecule has 110 valence electrons. The van der Waals surface area contributed by atoms with Gasteiger partial charge in [0.2, 0.25) is 10.0 Å². The van der Waals surface area contributed by atoms with E-state index in [1.807, 2.05) is 0 Å². The number of nitrogens with zero attached hydrogens (tertiary/aromatic N) is 2. The lowest BCUT2D eigenvalue weighted by atomic mass is 10.2. The molecule has 2 aromatic rings. The molecule has 0 saturated carbocycles. The van der Waals surface area contributed by atoms with Gasteiger partial charge in [0.15, 0.2) is 11.5 Å².